The van der Waals surface area contributed by atoms with Crippen LogP contribution in [0.2, 0.25) is 0 Å². The van der Waals surface area contributed by atoms with Gasteiger partial charge in [0.05, 0.1) is 24.8 Å². The second-order valence-corrected chi connectivity index (χ2v) is 6.83. The van der Waals surface area contributed by atoms with Gasteiger partial charge in [-0.05, 0) is 41.8 Å². The predicted molar refractivity (Wildman–Crippen MR) is 102 cm³/mol. The van der Waals surface area contributed by atoms with Crippen molar-refractivity contribution >= 4 is 5.91 Å². The van der Waals surface area contributed by atoms with Gasteiger partial charge in [-0.15, -0.1) is 0 Å². The molecule has 2 heterocycles. The van der Waals surface area contributed by atoms with Crippen molar-refractivity contribution in [2.75, 3.05) is 13.7 Å². The fraction of sp³-hybridized carbons (Fsp3) is 0.286. The smallest absolute Gasteiger partial charge is 0.227 e. The van der Waals surface area contributed by atoms with E-state index < -0.39 is 0 Å². The Morgan fingerprint density at radius 2 is 2.07 bits per heavy atom. The first-order chi connectivity index (χ1) is 13.1. The second kappa shape index (κ2) is 7.23. The van der Waals surface area contributed by atoms with Gasteiger partial charge in [0.1, 0.15) is 18.4 Å². The molecule has 1 aliphatic heterocycles. The van der Waals surface area contributed by atoms with Crippen molar-refractivity contribution in [1.29, 1.82) is 0 Å². The number of hydrogen-bond acceptors (Lipinski definition) is 4. The summed E-state index contributed by atoms with van der Waals surface area (Å²) in [5.41, 5.74) is 4.25. The first-order valence-corrected chi connectivity index (χ1v) is 9.07. The van der Waals surface area contributed by atoms with E-state index in [1.807, 2.05) is 50.4 Å². The third-order valence-corrected chi connectivity index (χ3v) is 5.14. The van der Waals surface area contributed by atoms with Crippen LogP contribution in [-0.4, -0.2) is 39.2 Å². The first-order valence-electron chi connectivity index (χ1n) is 9.07. The fourth-order valence-corrected chi connectivity index (χ4v) is 3.34. The van der Waals surface area contributed by atoms with Gasteiger partial charge in [-0.25, -0.2) is 9.67 Å². The van der Waals surface area contributed by atoms with Crippen molar-refractivity contribution in [2.45, 2.75) is 25.8 Å². The largest absolute Gasteiger partial charge is 0.493 e. The van der Waals surface area contributed by atoms with E-state index in [9.17, 15) is 4.79 Å². The summed E-state index contributed by atoms with van der Waals surface area (Å²) < 4.78 is 7.24. The van der Waals surface area contributed by atoms with Gasteiger partial charge in [0.2, 0.25) is 5.91 Å². The van der Waals surface area contributed by atoms with Crippen molar-refractivity contribution in [2.24, 2.45) is 0 Å². The minimum Gasteiger partial charge on any atom is -0.493 e. The Bertz CT molecular complexity index is 935. The summed E-state index contributed by atoms with van der Waals surface area (Å²) >= 11 is 0. The van der Waals surface area contributed by atoms with E-state index in [0.717, 1.165) is 35.6 Å². The molecule has 138 valence electrons. The molecule has 1 unspecified atom stereocenters. The molecule has 1 atom stereocenters. The molecule has 6 nitrogen and oxygen atoms in total. The lowest BCUT2D eigenvalue weighted by Gasteiger charge is -2.25. The maximum absolute atomic E-state index is 12.8. The number of hydrogen-bond donors (Lipinski definition) is 0. The van der Waals surface area contributed by atoms with Crippen LogP contribution in [0.15, 0.2) is 55.1 Å². The Balaban J connectivity index is 1.43. The van der Waals surface area contributed by atoms with Gasteiger partial charge in [-0.1, -0.05) is 24.3 Å². The van der Waals surface area contributed by atoms with Crippen molar-refractivity contribution in [1.82, 2.24) is 19.7 Å². The molecular weight excluding hydrogens is 340 g/mol. The highest BCUT2D eigenvalue weighted by Gasteiger charge is 2.19. The molecule has 0 bridgehead atoms. The number of benzene rings is 2. The van der Waals surface area contributed by atoms with Crippen LogP contribution in [0.25, 0.3) is 5.69 Å². The van der Waals surface area contributed by atoms with Crippen molar-refractivity contribution in [3.8, 4) is 11.4 Å². The molecule has 1 aliphatic rings. The number of fused-ring (bicyclic) bond motifs is 1. The third-order valence-electron chi connectivity index (χ3n) is 5.14. The summed E-state index contributed by atoms with van der Waals surface area (Å²) in [6.07, 6.45) is 4.48. The zero-order valence-electron chi connectivity index (χ0n) is 15.5. The molecule has 1 amide bonds. The van der Waals surface area contributed by atoms with Crippen LogP contribution < -0.4 is 4.74 Å². The van der Waals surface area contributed by atoms with Gasteiger partial charge in [-0.2, -0.15) is 5.10 Å². The van der Waals surface area contributed by atoms with Crippen LogP contribution >= 0.6 is 0 Å². The first kappa shape index (κ1) is 17.3. The minimum absolute atomic E-state index is 0.0138. The molecule has 0 saturated carbocycles. The number of rotatable bonds is 5. The van der Waals surface area contributed by atoms with E-state index in [0.29, 0.717) is 6.42 Å². The zero-order chi connectivity index (χ0) is 18.8. The summed E-state index contributed by atoms with van der Waals surface area (Å²) in [6, 6.07) is 14.0. The molecule has 0 aliphatic carbocycles. The maximum atomic E-state index is 12.8. The van der Waals surface area contributed by atoms with E-state index in [1.165, 1.54) is 11.9 Å². The monoisotopic (exact) mass is 362 g/mol. The molecule has 27 heavy (non-hydrogen) atoms. The Labute approximate surface area is 158 Å². The topological polar surface area (TPSA) is 60.2 Å². The van der Waals surface area contributed by atoms with Gasteiger partial charge >= 0.3 is 0 Å². The van der Waals surface area contributed by atoms with Crippen LogP contribution in [0, 0.1) is 0 Å². The van der Waals surface area contributed by atoms with Crippen molar-refractivity contribution in [3.63, 3.8) is 0 Å². The highest BCUT2D eigenvalue weighted by Crippen LogP contribution is 2.27. The van der Waals surface area contributed by atoms with E-state index in [4.69, 9.17) is 4.74 Å². The SMILES string of the molecule is CC(c1ccc(-n2cncn2)cc1)N(C)C(=O)Cc1ccc2c(c1)CCO2. The molecule has 0 radical (unpaired) electrons. The lowest BCUT2D eigenvalue weighted by molar-refractivity contribution is -0.131. The molecule has 6 heteroatoms. The highest BCUT2D eigenvalue weighted by molar-refractivity contribution is 5.79. The van der Waals surface area contributed by atoms with Crippen LogP contribution in [0.5, 0.6) is 5.75 Å². The van der Waals surface area contributed by atoms with Crippen LogP contribution in [-0.2, 0) is 17.6 Å². The van der Waals surface area contributed by atoms with Gasteiger partial charge < -0.3 is 9.64 Å². The number of likely N-dealkylation sites (N-methyl/N-ethyl adjacent to an activating group) is 1. The normalized spacial score (nSPS) is 13.7. The number of ether oxygens (including phenoxy) is 1. The number of carbonyl (C=O) groups excluding carboxylic acids is 1. The molecule has 4 rings (SSSR count). The van der Waals surface area contributed by atoms with E-state index in [-0.39, 0.29) is 11.9 Å². The van der Waals surface area contributed by atoms with Crippen LogP contribution in [0.4, 0.5) is 0 Å². The lowest BCUT2D eigenvalue weighted by atomic mass is 10.0. The molecule has 0 spiro atoms. The molecule has 0 fully saturated rings. The average molecular weight is 362 g/mol. The Morgan fingerprint density at radius 3 is 2.81 bits per heavy atom. The van der Waals surface area contributed by atoms with E-state index in [1.54, 1.807) is 15.9 Å². The Hall–Kier alpha value is -3.15. The molecule has 0 saturated heterocycles. The predicted octanol–water partition coefficient (Wildman–Crippen LogP) is 2.96. The minimum atomic E-state index is -0.0138. The quantitative estimate of drug-likeness (QED) is 0.700. The molecule has 3 aromatic rings. The molecule has 2 aromatic carbocycles. The maximum Gasteiger partial charge on any atom is 0.227 e. The number of amides is 1. The Kier molecular flexibility index (Phi) is 4.62. The number of carbonyl (C=O) groups is 1. The zero-order valence-corrected chi connectivity index (χ0v) is 15.5. The van der Waals surface area contributed by atoms with Crippen LogP contribution in [0.1, 0.15) is 29.7 Å². The third kappa shape index (κ3) is 3.56. The van der Waals surface area contributed by atoms with Crippen molar-refractivity contribution < 1.29 is 9.53 Å². The van der Waals surface area contributed by atoms with Crippen molar-refractivity contribution in [3.05, 3.63) is 71.8 Å². The summed E-state index contributed by atoms with van der Waals surface area (Å²) in [4.78, 5) is 18.5. The molecule has 0 N–H and O–H groups in total. The van der Waals surface area contributed by atoms with E-state index >= 15 is 0 Å². The fourth-order valence-electron chi connectivity index (χ4n) is 3.34. The molecular formula is C21H22N4O2. The summed E-state index contributed by atoms with van der Waals surface area (Å²) in [5.74, 6) is 1.04. The average Bonchev–Trinajstić information content (AvgIpc) is 3.38. The van der Waals surface area contributed by atoms with E-state index in [2.05, 4.69) is 16.1 Å². The number of aromatic nitrogens is 3. The number of nitrogens with zero attached hydrogens (tertiary/aromatic N) is 4. The standard InChI is InChI=1S/C21H22N4O2/c1-15(17-4-6-19(7-5-17)25-14-22-13-23-25)24(2)21(26)12-16-3-8-20-18(11-16)9-10-27-20/h3-8,11,13-15H,9-10,12H2,1-2H3. The highest BCUT2D eigenvalue weighted by atomic mass is 16.5. The summed E-state index contributed by atoms with van der Waals surface area (Å²) in [5, 5.41) is 4.13. The van der Waals surface area contributed by atoms with Crippen LogP contribution in [0.3, 0.4) is 0 Å². The van der Waals surface area contributed by atoms with Gasteiger partial charge in [-0.3, -0.25) is 4.79 Å². The second-order valence-electron chi connectivity index (χ2n) is 6.83. The van der Waals surface area contributed by atoms with Gasteiger partial charge in [0, 0.05) is 13.5 Å². The summed E-state index contributed by atoms with van der Waals surface area (Å²) in [6.45, 7) is 2.77. The van der Waals surface area contributed by atoms with Gasteiger partial charge in [0.15, 0.2) is 0 Å². The van der Waals surface area contributed by atoms with Gasteiger partial charge in [0.25, 0.3) is 0 Å². The summed E-state index contributed by atoms with van der Waals surface area (Å²) in [7, 11) is 1.86. The lowest BCUT2D eigenvalue weighted by Crippen LogP contribution is -2.31. The Morgan fingerprint density at radius 1 is 1.26 bits per heavy atom. The molecule has 1 aromatic heterocycles.